The molecule has 1 aromatic heterocycles. The van der Waals surface area contributed by atoms with Crippen LogP contribution in [-0.2, 0) is 32.1 Å². The molecule has 0 bridgehead atoms. The minimum Gasteiger partial charge on any atom is -0.356 e. The monoisotopic (exact) mass is 591 g/mol. The van der Waals surface area contributed by atoms with E-state index in [4.69, 9.17) is 0 Å². The molecule has 10 nitrogen and oxygen atoms in total. The second-order valence-corrected chi connectivity index (χ2v) is 10.7. The summed E-state index contributed by atoms with van der Waals surface area (Å²) in [7, 11) is 0. The Balaban J connectivity index is 1.35. The SMILES string of the molecule is O=C(NCc1ccccc1)C(=O)C(C[C@@H]1CCNC1=O)NC(=O)[C@H](Cc1ccccc1)NC(=O)c1ccc2ccccc2n1. The van der Waals surface area contributed by atoms with Crippen molar-refractivity contribution in [2.24, 2.45) is 5.92 Å². The summed E-state index contributed by atoms with van der Waals surface area (Å²) in [6, 6.07) is 26.6. The summed E-state index contributed by atoms with van der Waals surface area (Å²) in [6.07, 6.45) is 0.548. The van der Waals surface area contributed by atoms with Crippen LogP contribution in [0, 0.1) is 5.92 Å². The average Bonchev–Trinajstić information content (AvgIpc) is 3.46. The van der Waals surface area contributed by atoms with E-state index in [1.54, 1.807) is 18.2 Å². The number of hydrogen-bond donors (Lipinski definition) is 4. The van der Waals surface area contributed by atoms with E-state index in [2.05, 4.69) is 26.3 Å². The molecule has 0 radical (unpaired) electrons. The molecule has 4 N–H and O–H groups in total. The molecule has 1 fully saturated rings. The first-order chi connectivity index (χ1) is 21.4. The van der Waals surface area contributed by atoms with Crippen LogP contribution in [0.3, 0.4) is 0 Å². The van der Waals surface area contributed by atoms with E-state index in [-0.39, 0.29) is 31.0 Å². The Bertz CT molecular complexity index is 1660. The molecule has 3 aromatic carbocycles. The van der Waals surface area contributed by atoms with Crippen molar-refractivity contribution in [1.82, 2.24) is 26.3 Å². The first kappa shape index (κ1) is 30.1. The summed E-state index contributed by atoms with van der Waals surface area (Å²) in [5, 5.41) is 11.7. The highest BCUT2D eigenvalue weighted by Gasteiger charge is 2.35. The zero-order valence-electron chi connectivity index (χ0n) is 24.0. The fourth-order valence-corrected chi connectivity index (χ4v) is 5.17. The summed E-state index contributed by atoms with van der Waals surface area (Å²) in [5.74, 6) is -3.74. The summed E-state index contributed by atoms with van der Waals surface area (Å²) < 4.78 is 0. The quantitative estimate of drug-likeness (QED) is 0.186. The maximum absolute atomic E-state index is 13.8. The van der Waals surface area contributed by atoms with Crippen molar-refractivity contribution >= 4 is 40.3 Å². The van der Waals surface area contributed by atoms with Gasteiger partial charge in [0.05, 0.1) is 11.6 Å². The Labute approximate surface area is 254 Å². The van der Waals surface area contributed by atoms with Gasteiger partial charge in [-0.1, -0.05) is 84.9 Å². The highest BCUT2D eigenvalue weighted by molar-refractivity contribution is 6.38. The number of Topliss-reactive ketones (excluding diaryl/α,β-unsaturated/α-hetero) is 1. The molecular formula is C34H33N5O5. The van der Waals surface area contributed by atoms with Crippen molar-refractivity contribution in [2.45, 2.75) is 37.9 Å². The maximum Gasteiger partial charge on any atom is 0.289 e. The zero-order chi connectivity index (χ0) is 30.9. The van der Waals surface area contributed by atoms with Gasteiger partial charge < -0.3 is 21.3 Å². The Morgan fingerprint density at radius 3 is 2.18 bits per heavy atom. The number of amides is 4. The Morgan fingerprint density at radius 1 is 0.795 bits per heavy atom. The van der Waals surface area contributed by atoms with Gasteiger partial charge in [0.15, 0.2) is 0 Å². The number of fused-ring (bicyclic) bond motifs is 1. The fraction of sp³-hybridized carbons (Fsp3) is 0.235. The van der Waals surface area contributed by atoms with Gasteiger partial charge in [0, 0.05) is 30.8 Å². The Kier molecular flexibility index (Phi) is 9.71. The van der Waals surface area contributed by atoms with Crippen LogP contribution in [0.5, 0.6) is 0 Å². The van der Waals surface area contributed by atoms with Crippen LogP contribution >= 0.6 is 0 Å². The number of carbonyl (C=O) groups excluding carboxylic acids is 5. The third-order valence-electron chi connectivity index (χ3n) is 7.57. The van der Waals surface area contributed by atoms with E-state index in [1.165, 1.54) is 0 Å². The fourth-order valence-electron chi connectivity index (χ4n) is 5.17. The summed E-state index contributed by atoms with van der Waals surface area (Å²) in [4.78, 5) is 70.2. The van der Waals surface area contributed by atoms with E-state index >= 15 is 0 Å². The van der Waals surface area contributed by atoms with Gasteiger partial charge in [-0.15, -0.1) is 0 Å². The first-order valence-corrected chi connectivity index (χ1v) is 14.5. The Hall–Kier alpha value is -5.38. The number of benzene rings is 3. The highest BCUT2D eigenvalue weighted by Crippen LogP contribution is 2.18. The van der Waals surface area contributed by atoms with Crippen LogP contribution < -0.4 is 21.3 Å². The van der Waals surface area contributed by atoms with E-state index in [0.717, 1.165) is 16.5 Å². The minimum absolute atomic E-state index is 0.0482. The molecule has 1 aliphatic rings. The number of carbonyl (C=O) groups is 5. The third kappa shape index (κ3) is 7.71. The average molecular weight is 592 g/mol. The van der Waals surface area contributed by atoms with Gasteiger partial charge in [-0.2, -0.15) is 0 Å². The van der Waals surface area contributed by atoms with Crippen molar-refractivity contribution in [2.75, 3.05) is 6.54 Å². The smallest absolute Gasteiger partial charge is 0.289 e. The predicted molar refractivity (Wildman–Crippen MR) is 164 cm³/mol. The van der Waals surface area contributed by atoms with Crippen LogP contribution in [0.15, 0.2) is 97.1 Å². The van der Waals surface area contributed by atoms with Crippen molar-refractivity contribution in [3.05, 3.63) is 114 Å². The summed E-state index contributed by atoms with van der Waals surface area (Å²) >= 11 is 0. The van der Waals surface area contributed by atoms with E-state index < -0.39 is 41.5 Å². The molecule has 5 rings (SSSR count). The maximum atomic E-state index is 13.8. The van der Waals surface area contributed by atoms with E-state index in [0.29, 0.717) is 18.5 Å². The van der Waals surface area contributed by atoms with Gasteiger partial charge in [0.25, 0.3) is 11.8 Å². The summed E-state index contributed by atoms with van der Waals surface area (Å²) in [5.41, 5.74) is 2.34. The van der Waals surface area contributed by atoms with E-state index in [9.17, 15) is 24.0 Å². The minimum atomic E-state index is -1.28. The number of rotatable bonds is 12. The van der Waals surface area contributed by atoms with Crippen molar-refractivity contribution in [3.63, 3.8) is 0 Å². The van der Waals surface area contributed by atoms with Crippen molar-refractivity contribution in [3.8, 4) is 0 Å². The lowest BCUT2D eigenvalue weighted by Crippen LogP contribution is -2.55. The number of nitrogens with zero attached hydrogens (tertiary/aromatic N) is 1. The molecule has 1 saturated heterocycles. The second-order valence-electron chi connectivity index (χ2n) is 10.7. The van der Waals surface area contributed by atoms with Crippen LogP contribution in [0.2, 0.25) is 0 Å². The van der Waals surface area contributed by atoms with Crippen molar-refractivity contribution < 1.29 is 24.0 Å². The van der Waals surface area contributed by atoms with Crippen LogP contribution in [0.25, 0.3) is 10.9 Å². The molecule has 4 amide bonds. The predicted octanol–water partition coefficient (Wildman–Crippen LogP) is 2.47. The number of aromatic nitrogens is 1. The molecule has 0 aliphatic carbocycles. The zero-order valence-corrected chi connectivity index (χ0v) is 24.0. The van der Waals surface area contributed by atoms with Crippen LogP contribution in [0.4, 0.5) is 0 Å². The third-order valence-corrected chi connectivity index (χ3v) is 7.57. The van der Waals surface area contributed by atoms with Gasteiger partial charge in [0.2, 0.25) is 17.6 Å². The number of nitrogens with one attached hydrogen (secondary N) is 4. The molecule has 0 spiro atoms. The summed E-state index contributed by atoms with van der Waals surface area (Å²) in [6.45, 7) is 0.575. The second kappa shape index (κ2) is 14.2. The van der Waals surface area contributed by atoms with E-state index in [1.807, 2.05) is 78.9 Å². The number of para-hydroxylation sites is 1. The van der Waals surface area contributed by atoms with Gasteiger partial charge in [-0.25, -0.2) is 4.98 Å². The van der Waals surface area contributed by atoms with Crippen molar-refractivity contribution in [1.29, 1.82) is 0 Å². The normalized spacial score (nSPS) is 15.5. The number of pyridine rings is 1. The van der Waals surface area contributed by atoms with Gasteiger partial charge in [-0.3, -0.25) is 24.0 Å². The molecule has 4 aromatic rings. The largest absolute Gasteiger partial charge is 0.356 e. The van der Waals surface area contributed by atoms with Gasteiger partial charge >= 0.3 is 0 Å². The molecule has 224 valence electrons. The standard InChI is InChI=1S/C34H33N5O5/c40-30(34(44)36-21-23-11-5-2-6-12-23)28(20-25-17-18-35-31(25)41)38-33(43)29(19-22-9-3-1-4-10-22)39-32(42)27-16-15-24-13-7-8-14-26(24)37-27/h1-16,25,28-29H,17-21H2,(H,35,41)(H,36,44)(H,38,43)(H,39,42)/t25-,28?,29-/m0/s1. The highest BCUT2D eigenvalue weighted by atomic mass is 16.2. The number of hydrogen-bond acceptors (Lipinski definition) is 6. The Morgan fingerprint density at radius 2 is 1.48 bits per heavy atom. The molecule has 10 heteroatoms. The number of ketones is 1. The molecule has 44 heavy (non-hydrogen) atoms. The van der Waals surface area contributed by atoms with Gasteiger partial charge in [0.1, 0.15) is 11.7 Å². The first-order valence-electron chi connectivity index (χ1n) is 14.5. The molecule has 1 aliphatic heterocycles. The molecular weight excluding hydrogens is 558 g/mol. The molecule has 3 atom stereocenters. The molecule has 0 saturated carbocycles. The topological polar surface area (TPSA) is 146 Å². The molecule has 2 heterocycles. The lowest BCUT2D eigenvalue weighted by Gasteiger charge is -2.24. The van der Waals surface area contributed by atoms with Gasteiger partial charge in [-0.05, 0) is 36.1 Å². The van der Waals surface area contributed by atoms with Crippen LogP contribution in [0.1, 0.15) is 34.5 Å². The van der Waals surface area contributed by atoms with Crippen LogP contribution in [-0.4, -0.2) is 53.0 Å². The lowest BCUT2D eigenvalue weighted by atomic mass is 9.94. The molecule has 1 unspecified atom stereocenters. The lowest BCUT2D eigenvalue weighted by molar-refractivity contribution is -0.141.